The predicted octanol–water partition coefficient (Wildman–Crippen LogP) is 4.90. The number of hydrogen-bond donors (Lipinski definition) is 1. The van der Waals surface area contributed by atoms with Crippen LogP contribution in [0.3, 0.4) is 0 Å². The van der Waals surface area contributed by atoms with Gasteiger partial charge in [-0.05, 0) is 50.6 Å². The maximum absolute atomic E-state index is 11.9. The third-order valence-electron chi connectivity index (χ3n) is 4.19. The van der Waals surface area contributed by atoms with Crippen LogP contribution in [0.2, 0.25) is 0 Å². The molecule has 0 amide bonds. The van der Waals surface area contributed by atoms with Gasteiger partial charge in [0.15, 0.2) is 0 Å². The largest absolute Gasteiger partial charge is 0.354 e. The molecule has 138 valence electrons. The molecule has 0 bridgehead atoms. The summed E-state index contributed by atoms with van der Waals surface area (Å²) >= 11 is 0. The van der Waals surface area contributed by atoms with Crippen molar-refractivity contribution < 1.29 is 4.92 Å². The van der Waals surface area contributed by atoms with Crippen molar-refractivity contribution in [2.45, 2.75) is 20.8 Å². The molecule has 0 fully saturated rings. The van der Waals surface area contributed by atoms with E-state index in [2.05, 4.69) is 15.3 Å². The van der Waals surface area contributed by atoms with E-state index >= 15 is 0 Å². The van der Waals surface area contributed by atoms with Crippen LogP contribution in [-0.4, -0.2) is 21.4 Å². The van der Waals surface area contributed by atoms with Crippen LogP contribution < -0.4 is 10.2 Å². The Hall–Kier alpha value is -3.48. The number of anilines is 4. The first-order valence-electron chi connectivity index (χ1n) is 8.67. The number of aryl methyl sites for hydroxylation is 2. The molecule has 0 aliphatic rings. The molecule has 7 heteroatoms. The second-order valence-corrected chi connectivity index (χ2v) is 6.23. The van der Waals surface area contributed by atoms with Crippen molar-refractivity contribution in [3.63, 3.8) is 0 Å². The molecule has 1 aromatic heterocycles. The standard InChI is InChI=1S/C20H21N5O2/c1-4-24(17-7-5-6-15(3)12-17)20-18(25(26)27)19(21-13-22-20)23-16-10-8-14(2)9-11-16/h5-13H,4H2,1-3H3,(H,21,22,23). The topological polar surface area (TPSA) is 84.2 Å². The Labute approximate surface area is 157 Å². The fraction of sp³-hybridized carbons (Fsp3) is 0.200. The summed E-state index contributed by atoms with van der Waals surface area (Å²) < 4.78 is 0. The molecule has 0 aliphatic carbocycles. The summed E-state index contributed by atoms with van der Waals surface area (Å²) in [5.41, 5.74) is 3.60. The SMILES string of the molecule is CCN(c1cccc(C)c1)c1ncnc(Nc2ccc(C)cc2)c1[N+](=O)[O-]. The highest BCUT2D eigenvalue weighted by molar-refractivity contribution is 5.78. The van der Waals surface area contributed by atoms with Gasteiger partial charge < -0.3 is 10.2 Å². The zero-order chi connectivity index (χ0) is 19.4. The Morgan fingerprint density at radius 2 is 1.81 bits per heavy atom. The lowest BCUT2D eigenvalue weighted by atomic mass is 10.2. The molecule has 0 radical (unpaired) electrons. The Morgan fingerprint density at radius 3 is 2.44 bits per heavy atom. The van der Waals surface area contributed by atoms with E-state index in [1.165, 1.54) is 6.33 Å². The van der Waals surface area contributed by atoms with Gasteiger partial charge in [0.2, 0.25) is 11.6 Å². The number of nitrogens with zero attached hydrogens (tertiary/aromatic N) is 4. The fourth-order valence-electron chi connectivity index (χ4n) is 2.85. The minimum Gasteiger partial charge on any atom is -0.334 e. The van der Waals surface area contributed by atoms with Crippen molar-refractivity contribution in [1.29, 1.82) is 0 Å². The molecule has 1 N–H and O–H groups in total. The fourth-order valence-corrected chi connectivity index (χ4v) is 2.85. The smallest absolute Gasteiger partial charge is 0.334 e. The summed E-state index contributed by atoms with van der Waals surface area (Å²) in [6.45, 7) is 6.43. The zero-order valence-electron chi connectivity index (χ0n) is 15.5. The summed E-state index contributed by atoms with van der Waals surface area (Å²) in [6, 6.07) is 15.4. The van der Waals surface area contributed by atoms with E-state index in [-0.39, 0.29) is 17.3 Å². The summed E-state index contributed by atoms with van der Waals surface area (Å²) in [6.07, 6.45) is 1.34. The average molecular weight is 363 g/mol. The van der Waals surface area contributed by atoms with Crippen molar-refractivity contribution in [2.75, 3.05) is 16.8 Å². The van der Waals surface area contributed by atoms with Crippen molar-refractivity contribution >= 4 is 28.7 Å². The highest BCUT2D eigenvalue weighted by Gasteiger charge is 2.27. The molecule has 0 atom stereocenters. The van der Waals surface area contributed by atoms with E-state index in [0.29, 0.717) is 6.54 Å². The Morgan fingerprint density at radius 1 is 1.07 bits per heavy atom. The lowest BCUT2D eigenvalue weighted by molar-refractivity contribution is -0.383. The van der Waals surface area contributed by atoms with Gasteiger partial charge in [0.1, 0.15) is 6.33 Å². The quantitative estimate of drug-likeness (QED) is 0.495. The zero-order valence-corrected chi connectivity index (χ0v) is 15.5. The molecule has 1 heterocycles. The number of nitrogens with one attached hydrogen (secondary N) is 1. The minimum absolute atomic E-state index is 0.151. The molecule has 0 aliphatic heterocycles. The van der Waals surface area contributed by atoms with Crippen LogP contribution in [0.25, 0.3) is 0 Å². The van der Waals surface area contributed by atoms with Gasteiger partial charge in [-0.3, -0.25) is 10.1 Å². The van der Waals surface area contributed by atoms with Crippen LogP contribution in [0.4, 0.5) is 28.7 Å². The Kier molecular flexibility index (Phi) is 5.30. The second-order valence-electron chi connectivity index (χ2n) is 6.23. The maximum Gasteiger partial charge on any atom is 0.354 e. The average Bonchev–Trinajstić information content (AvgIpc) is 2.64. The van der Waals surface area contributed by atoms with Crippen molar-refractivity contribution in [3.05, 3.63) is 76.1 Å². The van der Waals surface area contributed by atoms with Gasteiger partial charge in [0.25, 0.3) is 0 Å². The summed E-state index contributed by atoms with van der Waals surface area (Å²) in [7, 11) is 0. The molecule has 3 rings (SSSR count). The van der Waals surface area contributed by atoms with E-state index in [1.807, 2.05) is 74.2 Å². The van der Waals surface area contributed by atoms with Crippen LogP contribution in [0, 0.1) is 24.0 Å². The second kappa shape index (κ2) is 7.82. The molecule has 0 saturated heterocycles. The number of hydrogen-bond acceptors (Lipinski definition) is 6. The molecule has 3 aromatic rings. The highest BCUT2D eigenvalue weighted by Crippen LogP contribution is 2.37. The summed E-state index contributed by atoms with van der Waals surface area (Å²) in [5, 5.41) is 14.9. The summed E-state index contributed by atoms with van der Waals surface area (Å²) in [4.78, 5) is 21.6. The number of benzene rings is 2. The maximum atomic E-state index is 11.9. The van der Waals surface area contributed by atoms with Crippen LogP contribution >= 0.6 is 0 Å². The molecule has 7 nitrogen and oxygen atoms in total. The first-order chi connectivity index (χ1) is 13.0. The molecule has 27 heavy (non-hydrogen) atoms. The third-order valence-corrected chi connectivity index (χ3v) is 4.19. The van der Waals surface area contributed by atoms with Gasteiger partial charge in [-0.25, -0.2) is 9.97 Å². The van der Waals surface area contributed by atoms with Gasteiger partial charge in [-0.1, -0.05) is 29.8 Å². The van der Waals surface area contributed by atoms with Gasteiger partial charge in [-0.2, -0.15) is 0 Å². The van der Waals surface area contributed by atoms with Gasteiger partial charge in [0.05, 0.1) is 4.92 Å². The lowest BCUT2D eigenvalue weighted by Crippen LogP contribution is -2.19. The predicted molar refractivity (Wildman–Crippen MR) is 107 cm³/mol. The lowest BCUT2D eigenvalue weighted by Gasteiger charge is -2.22. The molecular weight excluding hydrogens is 342 g/mol. The van der Waals surface area contributed by atoms with E-state index in [0.717, 1.165) is 22.5 Å². The molecule has 0 spiro atoms. The van der Waals surface area contributed by atoms with Crippen molar-refractivity contribution in [3.8, 4) is 0 Å². The first kappa shape index (κ1) is 18.3. The highest BCUT2D eigenvalue weighted by atomic mass is 16.6. The summed E-state index contributed by atoms with van der Waals surface area (Å²) in [5.74, 6) is 0.428. The van der Waals surface area contributed by atoms with E-state index in [4.69, 9.17) is 0 Å². The van der Waals surface area contributed by atoms with E-state index in [9.17, 15) is 10.1 Å². The molecular formula is C20H21N5O2. The molecule has 2 aromatic carbocycles. The van der Waals surface area contributed by atoms with Crippen LogP contribution in [-0.2, 0) is 0 Å². The molecule has 0 unspecified atom stereocenters. The van der Waals surface area contributed by atoms with Gasteiger partial charge in [-0.15, -0.1) is 0 Å². The number of aromatic nitrogens is 2. The first-order valence-corrected chi connectivity index (χ1v) is 8.67. The Balaban J connectivity index is 2.07. The number of rotatable bonds is 6. The van der Waals surface area contributed by atoms with Crippen LogP contribution in [0.1, 0.15) is 18.1 Å². The van der Waals surface area contributed by atoms with Crippen LogP contribution in [0.5, 0.6) is 0 Å². The normalized spacial score (nSPS) is 10.5. The van der Waals surface area contributed by atoms with Crippen LogP contribution in [0.15, 0.2) is 54.9 Å². The van der Waals surface area contributed by atoms with Gasteiger partial charge in [0, 0.05) is 17.9 Å². The van der Waals surface area contributed by atoms with Crippen molar-refractivity contribution in [2.24, 2.45) is 0 Å². The van der Waals surface area contributed by atoms with Crippen molar-refractivity contribution in [1.82, 2.24) is 9.97 Å². The number of nitro groups is 1. The minimum atomic E-state index is -0.440. The van der Waals surface area contributed by atoms with E-state index in [1.54, 1.807) is 0 Å². The molecule has 0 saturated carbocycles. The van der Waals surface area contributed by atoms with Gasteiger partial charge >= 0.3 is 5.69 Å². The monoisotopic (exact) mass is 363 g/mol. The Bertz CT molecular complexity index is 957. The third kappa shape index (κ3) is 4.03. The van der Waals surface area contributed by atoms with E-state index < -0.39 is 4.92 Å².